The Labute approximate surface area is 101 Å². The molecule has 1 saturated carbocycles. The minimum absolute atomic E-state index is 0.109. The van der Waals surface area contributed by atoms with E-state index in [1.807, 2.05) is 0 Å². The van der Waals surface area contributed by atoms with Crippen molar-refractivity contribution in [1.82, 2.24) is 9.55 Å². The van der Waals surface area contributed by atoms with E-state index >= 15 is 0 Å². The Morgan fingerprint density at radius 2 is 2.31 bits per heavy atom. The maximum absolute atomic E-state index is 6.34. The maximum Gasteiger partial charge on any atom is 0.132 e. The van der Waals surface area contributed by atoms with Crippen LogP contribution in [0.4, 0.5) is 0 Å². The lowest BCUT2D eigenvalue weighted by atomic mass is 9.90. The number of rotatable bonds is 2. The molecule has 1 fully saturated rings. The molecular weight excluding hydrogens is 222 g/mol. The number of halogens is 1. The van der Waals surface area contributed by atoms with Gasteiger partial charge in [-0.1, -0.05) is 18.5 Å². The zero-order valence-electron chi connectivity index (χ0n) is 9.67. The predicted molar refractivity (Wildman–Crippen MR) is 64.6 cm³/mol. The molecule has 1 unspecified atom stereocenters. The molecule has 3 rings (SSSR count). The van der Waals surface area contributed by atoms with Crippen LogP contribution in [0.1, 0.15) is 37.7 Å². The molecule has 1 aromatic heterocycles. The summed E-state index contributed by atoms with van der Waals surface area (Å²) in [6.45, 7) is 3.07. The van der Waals surface area contributed by atoms with E-state index in [1.165, 1.54) is 19.3 Å². The van der Waals surface area contributed by atoms with Crippen molar-refractivity contribution in [2.24, 2.45) is 11.7 Å². The number of nitrogens with zero attached hydrogens (tertiary/aromatic N) is 2. The summed E-state index contributed by atoms with van der Waals surface area (Å²) in [6.07, 6.45) is 5.48. The Kier molecular flexibility index (Phi) is 2.30. The Hall–Kier alpha value is -0.540. The molecule has 0 spiro atoms. The van der Waals surface area contributed by atoms with E-state index in [0.29, 0.717) is 5.92 Å². The molecule has 1 aliphatic heterocycles. The van der Waals surface area contributed by atoms with Crippen molar-refractivity contribution in [2.75, 3.05) is 0 Å². The van der Waals surface area contributed by atoms with Crippen LogP contribution in [0.2, 0.25) is 5.15 Å². The largest absolute Gasteiger partial charge is 0.325 e. The number of hydrogen-bond acceptors (Lipinski definition) is 2. The van der Waals surface area contributed by atoms with Gasteiger partial charge in [-0.2, -0.15) is 0 Å². The van der Waals surface area contributed by atoms with Crippen LogP contribution >= 0.6 is 11.6 Å². The first-order valence-electron chi connectivity index (χ1n) is 6.16. The molecule has 88 valence electrons. The third-order valence-corrected chi connectivity index (χ3v) is 4.57. The summed E-state index contributed by atoms with van der Waals surface area (Å²) in [5.41, 5.74) is 7.44. The standard InChI is InChI=1S/C12H18ClN3/c1-2-9-11(13)16-7-8(12(14)5-6-12)3-4-10(16)15-9/h8H,2-7,14H2,1H3. The molecule has 0 bridgehead atoms. The van der Waals surface area contributed by atoms with E-state index in [4.69, 9.17) is 17.3 Å². The Bertz CT molecular complexity index is 420. The monoisotopic (exact) mass is 239 g/mol. The van der Waals surface area contributed by atoms with Crippen LogP contribution in [0.5, 0.6) is 0 Å². The minimum Gasteiger partial charge on any atom is -0.325 e. The summed E-state index contributed by atoms with van der Waals surface area (Å²) >= 11 is 6.34. The predicted octanol–water partition coefficient (Wildman–Crippen LogP) is 2.15. The number of fused-ring (bicyclic) bond motifs is 1. The molecule has 0 saturated heterocycles. The zero-order valence-corrected chi connectivity index (χ0v) is 10.4. The number of nitrogens with two attached hydrogens (primary N) is 1. The van der Waals surface area contributed by atoms with Crippen molar-refractivity contribution < 1.29 is 0 Å². The normalized spacial score (nSPS) is 26.6. The quantitative estimate of drug-likeness (QED) is 0.860. The van der Waals surface area contributed by atoms with Gasteiger partial charge in [0, 0.05) is 18.5 Å². The van der Waals surface area contributed by atoms with Gasteiger partial charge in [-0.05, 0) is 31.6 Å². The second kappa shape index (κ2) is 3.47. The fraction of sp³-hybridized carbons (Fsp3) is 0.750. The van der Waals surface area contributed by atoms with Gasteiger partial charge >= 0.3 is 0 Å². The van der Waals surface area contributed by atoms with Gasteiger partial charge < -0.3 is 10.3 Å². The summed E-state index contributed by atoms with van der Waals surface area (Å²) < 4.78 is 2.18. The van der Waals surface area contributed by atoms with Crippen molar-refractivity contribution in [3.63, 3.8) is 0 Å². The van der Waals surface area contributed by atoms with E-state index in [1.54, 1.807) is 0 Å². The highest BCUT2D eigenvalue weighted by molar-refractivity contribution is 6.30. The summed E-state index contributed by atoms with van der Waals surface area (Å²) in [5.74, 6) is 1.75. The average Bonchev–Trinajstić information content (AvgIpc) is 2.96. The van der Waals surface area contributed by atoms with Gasteiger partial charge in [0.1, 0.15) is 11.0 Å². The first kappa shape index (κ1) is 10.6. The molecule has 1 aliphatic carbocycles. The molecule has 2 aliphatic rings. The van der Waals surface area contributed by atoms with E-state index in [0.717, 1.165) is 36.1 Å². The van der Waals surface area contributed by atoms with E-state index in [-0.39, 0.29) is 5.54 Å². The highest BCUT2D eigenvalue weighted by Gasteiger charge is 2.46. The average molecular weight is 240 g/mol. The summed E-state index contributed by atoms with van der Waals surface area (Å²) in [4.78, 5) is 4.60. The molecule has 0 aromatic carbocycles. The van der Waals surface area contributed by atoms with Crippen LogP contribution in [0.3, 0.4) is 0 Å². The minimum atomic E-state index is 0.109. The third kappa shape index (κ3) is 1.49. The summed E-state index contributed by atoms with van der Waals surface area (Å²) in [6, 6.07) is 0. The van der Waals surface area contributed by atoms with Crippen molar-refractivity contribution >= 4 is 11.6 Å². The Balaban J connectivity index is 1.90. The van der Waals surface area contributed by atoms with E-state index < -0.39 is 0 Å². The lowest BCUT2D eigenvalue weighted by molar-refractivity contribution is 0.295. The molecule has 4 heteroatoms. The van der Waals surface area contributed by atoms with E-state index in [9.17, 15) is 0 Å². The molecule has 3 nitrogen and oxygen atoms in total. The molecular formula is C12H18ClN3. The first-order chi connectivity index (χ1) is 7.64. The number of hydrogen-bond donors (Lipinski definition) is 1. The van der Waals surface area contributed by atoms with Gasteiger partial charge in [-0.15, -0.1) is 0 Å². The number of aromatic nitrogens is 2. The second-order valence-electron chi connectivity index (χ2n) is 5.20. The molecule has 1 aromatic rings. The molecule has 0 radical (unpaired) electrons. The van der Waals surface area contributed by atoms with Crippen molar-refractivity contribution in [3.8, 4) is 0 Å². The summed E-state index contributed by atoms with van der Waals surface area (Å²) in [5, 5.41) is 0.839. The summed E-state index contributed by atoms with van der Waals surface area (Å²) in [7, 11) is 0. The Morgan fingerprint density at radius 3 is 2.94 bits per heavy atom. The molecule has 0 amide bonds. The fourth-order valence-corrected chi connectivity index (χ4v) is 3.11. The molecule has 16 heavy (non-hydrogen) atoms. The van der Waals surface area contributed by atoms with Gasteiger partial charge in [0.15, 0.2) is 0 Å². The Morgan fingerprint density at radius 1 is 1.56 bits per heavy atom. The van der Waals surface area contributed by atoms with E-state index in [2.05, 4.69) is 16.5 Å². The maximum atomic E-state index is 6.34. The molecule has 1 atom stereocenters. The SMILES string of the molecule is CCc1nc2n(c1Cl)CC(C1(N)CC1)CC2. The van der Waals surface area contributed by atoms with Gasteiger partial charge in [0.2, 0.25) is 0 Å². The van der Waals surface area contributed by atoms with Crippen LogP contribution in [0.15, 0.2) is 0 Å². The molecule has 2 heterocycles. The van der Waals surface area contributed by atoms with Crippen molar-refractivity contribution in [3.05, 3.63) is 16.7 Å². The van der Waals surface area contributed by atoms with Crippen LogP contribution in [0, 0.1) is 5.92 Å². The van der Waals surface area contributed by atoms with Crippen molar-refractivity contribution in [1.29, 1.82) is 0 Å². The lowest BCUT2D eigenvalue weighted by Crippen LogP contribution is -2.38. The van der Waals surface area contributed by atoms with Crippen LogP contribution in [-0.2, 0) is 19.4 Å². The van der Waals surface area contributed by atoms with Gasteiger partial charge in [0.25, 0.3) is 0 Å². The topological polar surface area (TPSA) is 43.8 Å². The zero-order chi connectivity index (χ0) is 11.3. The number of imidazole rings is 1. The van der Waals surface area contributed by atoms with Crippen LogP contribution in [-0.4, -0.2) is 15.1 Å². The lowest BCUT2D eigenvalue weighted by Gasteiger charge is -2.29. The highest BCUT2D eigenvalue weighted by Crippen LogP contribution is 2.44. The second-order valence-corrected chi connectivity index (χ2v) is 5.56. The third-order valence-electron chi connectivity index (χ3n) is 4.15. The van der Waals surface area contributed by atoms with Gasteiger partial charge in [-0.25, -0.2) is 4.98 Å². The van der Waals surface area contributed by atoms with Crippen LogP contribution in [0.25, 0.3) is 0 Å². The fourth-order valence-electron chi connectivity index (χ4n) is 2.77. The number of aryl methyl sites for hydroxylation is 2. The first-order valence-corrected chi connectivity index (χ1v) is 6.54. The van der Waals surface area contributed by atoms with Crippen LogP contribution < -0.4 is 5.73 Å². The van der Waals surface area contributed by atoms with Crippen molar-refractivity contribution in [2.45, 2.75) is 51.1 Å². The van der Waals surface area contributed by atoms with Gasteiger partial charge in [-0.3, -0.25) is 0 Å². The molecule has 2 N–H and O–H groups in total. The smallest absolute Gasteiger partial charge is 0.132 e. The highest BCUT2D eigenvalue weighted by atomic mass is 35.5. The van der Waals surface area contributed by atoms with Gasteiger partial charge in [0.05, 0.1) is 5.69 Å².